The van der Waals surface area contributed by atoms with Gasteiger partial charge in [-0.2, -0.15) is 11.8 Å². The van der Waals surface area contributed by atoms with Gasteiger partial charge in [0, 0.05) is 17.8 Å². The van der Waals surface area contributed by atoms with E-state index in [0.29, 0.717) is 5.41 Å². The Bertz CT molecular complexity index is 259. The molecule has 2 fully saturated rings. The third-order valence-corrected chi connectivity index (χ3v) is 6.37. The van der Waals surface area contributed by atoms with Gasteiger partial charge >= 0.3 is 0 Å². The number of nitrogens with zero attached hydrogens (tertiary/aromatic N) is 1. The Morgan fingerprint density at radius 2 is 1.94 bits per heavy atom. The van der Waals surface area contributed by atoms with Gasteiger partial charge in [-0.15, -0.1) is 0 Å². The summed E-state index contributed by atoms with van der Waals surface area (Å²) in [6.07, 6.45) is 4.01. The van der Waals surface area contributed by atoms with Crippen molar-refractivity contribution in [3.05, 3.63) is 0 Å². The van der Waals surface area contributed by atoms with E-state index in [2.05, 4.69) is 37.4 Å². The topological polar surface area (TPSA) is 29.3 Å². The number of hydrogen-bond donors (Lipinski definition) is 1. The fraction of sp³-hybridized carbons (Fsp3) is 1.00. The third-order valence-electron chi connectivity index (χ3n) is 5.20. The minimum Gasteiger partial charge on any atom is -0.329 e. The van der Waals surface area contributed by atoms with E-state index in [1.165, 1.54) is 43.9 Å². The first-order valence-corrected chi connectivity index (χ1v) is 8.20. The second kappa shape index (κ2) is 5.10. The zero-order chi connectivity index (χ0) is 12.5. The highest BCUT2D eigenvalue weighted by Gasteiger charge is 2.50. The first kappa shape index (κ1) is 13.7. The molecule has 2 aliphatic rings. The highest BCUT2D eigenvalue weighted by molar-refractivity contribution is 7.99. The zero-order valence-corrected chi connectivity index (χ0v) is 12.5. The number of thioether (sulfide) groups is 1. The fourth-order valence-electron chi connectivity index (χ4n) is 3.42. The Morgan fingerprint density at radius 1 is 1.29 bits per heavy atom. The van der Waals surface area contributed by atoms with Crippen molar-refractivity contribution in [2.45, 2.75) is 45.6 Å². The van der Waals surface area contributed by atoms with Crippen LogP contribution in [0.3, 0.4) is 0 Å². The van der Waals surface area contributed by atoms with Crippen LogP contribution in [0, 0.1) is 11.3 Å². The molecule has 1 unspecified atom stereocenters. The molecule has 17 heavy (non-hydrogen) atoms. The van der Waals surface area contributed by atoms with Crippen molar-refractivity contribution in [3.8, 4) is 0 Å². The predicted molar refractivity (Wildman–Crippen MR) is 77.5 cm³/mol. The molecular formula is C14H28N2S. The van der Waals surface area contributed by atoms with Gasteiger partial charge in [0.05, 0.1) is 0 Å². The van der Waals surface area contributed by atoms with Crippen molar-refractivity contribution in [3.63, 3.8) is 0 Å². The van der Waals surface area contributed by atoms with Gasteiger partial charge in [0.15, 0.2) is 0 Å². The molecular weight excluding hydrogens is 228 g/mol. The van der Waals surface area contributed by atoms with Gasteiger partial charge in [0.2, 0.25) is 0 Å². The second-order valence-corrected chi connectivity index (χ2v) is 7.70. The summed E-state index contributed by atoms with van der Waals surface area (Å²) in [5, 5.41) is 0. The van der Waals surface area contributed by atoms with E-state index in [1.54, 1.807) is 0 Å². The minimum absolute atomic E-state index is 0.246. The summed E-state index contributed by atoms with van der Waals surface area (Å²) < 4.78 is 0. The van der Waals surface area contributed by atoms with Crippen LogP contribution in [0.2, 0.25) is 0 Å². The van der Waals surface area contributed by atoms with E-state index >= 15 is 0 Å². The van der Waals surface area contributed by atoms with Gasteiger partial charge < -0.3 is 5.73 Å². The lowest BCUT2D eigenvalue weighted by Gasteiger charge is -2.57. The smallest absolute Gasteiger partial charge is 0.0472 e. The van der Waals surface area contributed by atoms with Gasteiger partial charge in [-0.25, -0.2) is 0 Å². The van der Waals surface area contributed by atoms with Crippen LogP contribution in [-0.4, -0.2) is 41.6 Å². The Morgan fingerprint density at radius 3 is 2.47 bits per heavy atom. The quantitative estimate of drug-likeness (QED) is 0.823. The molecule has 2 aliphatic heterocycles. The van der Waals surface area contributed by atoms with E-state index in [9.17, 15) is 0 Å². The lowest BCUT2D eigenvalue weighted by molar-refractivity contribution is -0.0180. The number of hydrogen-bond acceptors (Lipinski definition) is 3. The predicted octanol–water partition coefficient (Wildman–Crippen LogP) is 2.58. The molecule has 3 heteroatoms. The molecule has 0 aromatic carbocycles. The van der Waals surface area contributed by atoms with Crippen LogP contribution in [0.4, 0.5) is 0 Å². The minimum atomic E-state index is 0.246. The normalized spacial score (nSPS) is 36.0. The summed E-state index contributed by atoms with van der Waals surface area (Å²) in [6.45, 7) is 10.6. The standard InChI is InChI=1S/C14H28N2S/c1-12-4-7-16(8-5-12)14(10-15)11-17-9-6-13(14,2)3/h12H,4-11,15H2,1-3H3. The molecule has 0 radical (unpaired) electrons. The summed E-state index contributed by atoms with van der Waals surface area (Å²) in [5.74, 6) is 3.43. The van der Waals surface area contributed by atoms with Crippen LogP contribution in [-0.2, 0) is 0 Å². The van der Waals surface area contributed by atoms with E-state index in [0.717, 1.165) is 12.5 Å². The number of likely N-dealkylation sites (tertiary alicyclic amines) is 1. The van der Waals surface area contributed by atoms with Crippen LogP contribution in [0.1, 0.15) is 40.0 Å². The molecule has 2 N–H and O–H groups in total. The molecule has 0 bridgehead atoms. The first-order chi connectivity index (χ1) is 8.02. The molecule has 2 saturated heterocycles. The Labute approximate surface area is 111 Å². The molecule has 0 aromatic heterocycles. The van der Waals surface area contributed by atoms with Crippen molar-refractivity contribution < 1.29 is 0 Å². The molecule has 2 nitrogen and oxygen atoms in total. The maximum absolute atomic E-state index is 6.22. The number of nitrogens with two attached hydrogens (primary N) is 1. The van der Waals surface area contributed by atoms with E-state index in [4.69, 9.17) is 5.73 Å². The van der Waals surface area contributed by atoms with Crippen LogP contribution in [0.15, 0.2) is 0 Å². The summed E-state index contributed by atoms with van der Waals surface area (Å²) in [4.78, 5) is 2.72. The lowest BCUT2D eigenvalue weighted by atomic mass is 9.69. The highest BCUT2D eigenvalue weighted by atomic mass is 32.2. The molecule has 2 heterocycles. The van der Waals surface area contributed by atoms with Crippen LogP contribution < -0.4 is 5.73 Å². The van der Waals surface area contributed by atoms with Gasteiger partial charge in [-0.05, 0) is 49.4 Å². The van der Waals surface area contributed by atoms with Crippen molar-refractivity contribution >= 4 is 11.8 Å². The number of piperidine rings is 1. The summed E-state index contributed by atoms with van der Waals surface area (Å²) in [6, 6.07) is 0. The molecule has 0 aliphatic carbocycles. The Kier molecular flexibility index (Phi) is 4.11. The molecule has 100 valence electrons. The van der Waals surface area contributed by atoms with Crippen molar-refractivity contribution in [1.82, 2.24) is 4.90 Å². The van der Waals surface area contributed by atoms with E-state index in [1.807, 2.05) is 0 Å². The average molecular weight is 256 g/mol. The Hall–Kier alpha value is 0.270. The summed E-state index contributed by atoms with van der Waals surface area (Å²) >= 11 is 2.10. The fourth-order valence-corrected chi connectivity index (χ4v) is 5.24. The molecule has 0 aromatic rings. The Balaban J connectivity index is 2.17. The van der Waals surface area contributed by atoms with Gasteiger partial charge in [0.1, 0.15) is 0 Å². The molecule has 1 atom stereocenters. The lowest BCUT2D eigenvalue weighted by Crippen LogP contribution is -2.66. The average Bonchev–Trinajstić information content (AvgIpc) is 2.30. The van der Waals surface area contributed by atoms with Gasteiger partial charge in [0.25, 0.3) is 0 Å². The molecule has 0 amide bonds. The van der Waals surface area contributed by atoms with E-state index in [-0.39, 0.29) is 5.54 Å². The van der Waals surface area contributed by atoms with Crippen LogP contribution >= 0.6 is 11.8 Å². The van der Waals surface area contributed by atoms with Gasteiger partial charge in [-0.3, -0.25) is 4.90 Å². The maximum Gasteiger partial charge on any atom is 0.0472 e. The van der Waals surface area contributed by atoms with Crippen molar-refractivity contribution in [1.29, 1.82) is 0 Å². The first-order valence-electron chi connectivity index (χ1n) is 7.05. The largest absolute Gasteiger partial charge is 0.329 e. The summed E-state index contributed by atoms with van der Waals surface area (Å²) in [5.41, 5.74) is 6.84. The molecule has 2 rings (SSSR count). The summed E-state index contributed by atoms with van der Waals surface area (Å²) in [7, 11) is 0. The maximum atomic E-state index is 6.22. The third kappa shape index (κ3) is 2.39. The SMILES string of the molecule is CC1CCN(C2(CN)CSCCC2(C)C)CC1. The molecule has 0 spiro atoms. The van der Waals surface area contributed by atoms with Crippen LogP contribution in [0.25, 0.3) is 0 Å². The van der Waals surface area contributed by atoms with E-state index < -0.39 is 0 Å². The molecule has 0 saturated carbocycles. The van der Waals surface area contributed by atoms with Crippen LogP contribution in [0.5, 0.6) is 0 Å². The zero-order valence-electron chi connectivity index (χ0n) is 11.7. The van der Waals surface area contributed by atoms with Gasteiger partial charge in [-0.1, -0.05) is 20.8 Å². The second-order valence-electron chi connectivity index (χ2n) is 6.59. The highest BCUT2D eigenvalue weighted by Crippen LogP contribution is 2.46. The monoisotopic (exact) mass is 256 g/mol. The van der Waals surface area contributed by atoms with Crippen molar-refractivity contribution in [2.24, 2.45) is 17.1 Å². The number of rotatable bonds is 2. The van der Waals surface area contributed by atoms with Crippen molar-refractivity contribution in [2.75, 3.05) is 31.1 Å².